The summed E-state index contributed by atoms with van der Waals surface area (Å²) >= 11 is 0. The fraction of sp³-hybridized carbons (Fsp3) is 1.00. The van der Waals surface area contributed by atoms with Crippen LogP contribution in [0.3, 0.4) is 0 Å². The highest BCUT2D eigenvalue weighted by Gasteiger charge is 2.34. The van der Waals surface area contributed by atoms with Gasteiger partial charge in [-0.2, -0.15) is 0 Å². The zero-order valence-corrected chi connectivity index (χ0v) is 7.84. The van der Waals surface area contributed by atoms with Crippen molar-refractivity contribution in [3.05, 3.63) is 0 Å². The minimum absolute atomic E-state index is 1.06. The summed E-state index contributed by atoms with van der Waals surface area (Å²) in [6.07, 6.45) is 6.08. The summed E-state index contributed by atoms with van der Waals surface area (Å²) in [6, 6.07) is 0. The van der Waals surface area contributed by atoms with Crippen molar-refractivity contribution in [1.29, 1.82) is 0 Å². The van der Waals surface area contributed by atoms with E-state index in [0.717, 1.165) is 11.8 Å². The van der Waals surface area contributed by atoms with Crippen molar-refractivity contribution in [3.63, 3.8) is 0 Å². The fourth-order valence-corrected chi connectivity index (χ4v) is 3.07. The van der Waals surface area contributed by atoms with E-state index in [-0.39, 0.29) is 0 Å². The quantitative estimate of drug-likeness (QED) is 0.467. The molecule has 2 saturated heterocycles. The molecule has 11 heavy (non-hydrogen) atoms. The summed E-state index contributed by atoms with van der Waals surface area (Å²) < 4.78 is 1.29. The van der Waals surface area contributed by atoms with Gasteiger partial charge in [0.1, 0.15) is 0 Å². The van der Waals surface area contributed by atoms with Gasteiger partial charge >= 0.3 is 0 Å². The lowest BCUT2D eigenvalue weighted by Crippen LogP contribution is -2.42. The van der Waals surface area contributed by atoms with Gasteiger partial charge in [-0.15, -0.1) is 0 Å². The highest BCUT2D eigenvalue weighted by molar-refractivity contribution is 4.75. The SMILES string of the molecule is C[N+]1(C)CC2CCC(CC2)C1. The van der Waals surface area contributed by atoms with Crippen LogP contribution in [0.25, 0.3) is 0 Å². The third-order valence-electron chi connectivity index (χ3n) is 3.47. The first kappa shape index (κ1) is 7.60. The Bertz CT molecular complexity index is 127. The van der Waals surface area contributed by atoms with Gasteiger partial charge in [0.2, 0.25) is 0 Å². The minimum Gasteiger partial charge on any atom is -0.328 e. The van der Waals surface area contributed by atoms with Gasteiger partial charge in [0, 0.05) is 11.8 Å². The van der Waals surface area contributed by atoms with E-state index in [1.165, 1.54) is 43.3 Å². The molecule has 0 aromatic carbocycles. The molecule has 0 spiro atoms. The molecule has 3 aliphatic rings. The van der Waals surface area contributed by atoms with Crippen LogP contribution in [0.2, 0.25) is 0 Å². The van der Waals surface area contributed by atoms with E-state index in [9.17, 15) is 0 Å². The van der Waals surface area contributed by atoms with Gasteiger partial charge in [-0.1, -0.05) is 0 Å². The molecule has 0 aromatic heterocycles. The minimum atomic E-state index is 1.06. The van der Waals surface area contributed by atoms with Crippen LogP contribution in [-0.2, 0) is 0 Å². The molecule has 0 unspecified atom stereocenters. The van der Waals surface area contributed by atoms with E-state index in [4.69, 9.17) is 0 Å². The Hall–Kier alpha value is -0.0400. The largest absolute Gasteiger partial charge is 0.328 e. The Morgan fingerprint density at radius 3 is 1.55 bits per heavy atom. The number of hydrogen-bond donors (Lipinski definition) is 0. The van der Waals surface area contributed by atoms with Crippen molar-refractivity contribution >= 4 is 0 Å². The average Bonchev–Trinajstić information content (AvgIpc) is 2.12. The van der Waals surface area contributed by atoms with E-state index in [0.29, 0.717) is 0 Å². The second-order valence-electron chi connectivity index (χ2n) is 5.19. The lowest BCUT2D eigenvalue weighted by molar-refractivity contribution is -0.893. The molecule has 2 aliphatic heterocycles. The standard InChI is InChI=1S/C10H20N/c1-11(2)7-9-3-4-10(8-11)6-5-9/h9-10H,3-8H2,1-2H3/q+1. The number of nitrogens with zero attached hydrogens (tertiary/aromatic N) is 1. The molecule has 2 bridgehead atoms. The Kier molecular flexibility index (Phi) is 1.71. The number of fused-ring (bicyclic) bond motifs is 4. The second kappa shape index (κ2) is 2.48. The van der Waals surface area contributed by atoms with Crippen LogP contribution in [0.15, 0.2) is 0 Å². The van der Waals surface area contributed by atoms with Gasteiger partial charge in [-0.25, -0.2) is 0 Å². The van der Waals surface area contributed by atoms with Gasteiger partial charge in [0.25, 0.3) is 0 Å². The summed E-state index contributed by atoms with van der Waals surface area (Å²) in [5, 5.41) is 0. The molecule has 0 radical (unpaired) electrons. The highest BCUT2D eigenvalue weighted by atomic mass is 15.3. The van der Waals surface area contributed by atoms with Crippen LogP contribution in [0.4, 0.5) is 0 Å². The van der Waals surface area contributed by atoms with E-state index in [1.807, 2.05) is 0 Å². The first-order valence-corrected chi connectivity index (χ1v) is 4.98. The maximum absolute atomic E-state index is 2.40. The summed E-state index contributed by atoms with van der Waals surface area (Å²) in [4.78, 5) is 0. The van der Waals surface area contributed by atoms with Gasteiger partial charge in [0.15, 0.2) is 0 Å². The summed E-state index contributed by atoms with van der Waals surface area (Å²) in [5.74, 6) is 2.12. The van der Waals surface area contributed by atoms with Crippen molar-refractivity contribution < 1.29 is 4.48 Å². The molecule has 1 saturated carbocycles. The van der Waals surface area contributed by atoms with Crippen LogP contribution in [0.1, 0.15) is 25.7 Å². The smallest absolute Gasteiger partial charge is 0.0811 e. The van der Waals surface area contributed by atoms with Gasteiger partial charge < -0.3 is 4.48 Å². The molecular weight excluding hydrogens is 134 g/mol. The first-order chi connectivity index (χ1) is 5.16. The Morgan fingerprint density at radius 1 is 0.818 bits per heavy atom. The monoisotopic (exact) mass is 154 g/mol. The Morgan fingerprint density at radius 2 is 1.18 bits per heavy atom. The predicted molar refractivity (Wildman–Crippen MR) is 47.3 cm³/mol. The molecule has 1 heteroatoms. The lowest BCUT2D eigenvalue weighted by atomic mass is 9.84. The summed E-state index contributed by atoms with van der Waals surface area (Å²) in [6.45, 7) is 2.88. The van der Waals surface area contributed by atoms with Crippen molar-refractivity contribution in [2.45, 2.75) is 25.7 Å². The van der Waals surface area contributed by atoms with E-state index >= 15 is 0 Å². The van der Waals surface area contributed by atoms with Gasteiger partial charge in [-0.3, -0.25) is 0 Å². The molecule has 0 amide bonds. The molecular formula is C10H20N+. The average molecular weight is 154 g/mol. The Balaban J connectivity index is 2.12. The zero-order valence-electron chi connectivity index (χ0n) is 7.84. The van der Waals surface area contributed by atoms with Crippen molar-refractivity contribution in [3.8, 4) is 0 Å². The van der Waals surface area contributed by atoms with E-state index in [2.05, 4.69) is 14.1 Å². The van der Waals surface area contributed by atoms with Crippen LogP contribution in [0, 0.1) is 11.8 Å². The van der Waals surface area contributed by atoms with Crippen LogP contribution < -0.4 is 0 Å². The molecule has 2 heterocycles. The molecule has 1 aliphatic carbocycles. The topological polar surface area (TPSA) is 0 Å². The third-order valence-corrected chi connectivity index (χ3v) is 3.47. The predicted octanol–water partition coefficient (Wildman–Crippen LogP) is 1.88. The van der Waals surface area contributed by atoms with E-state index in [1.54, 1.807) is 0 Å². The molecule has 3 fully saturated rings. The molecule has 1 nitrogen and oxygen atoms in total. The molecule has 3 rings (SSSR count). The third kappa shape index (κ3) is 1.58. The van der Waals surface area contributed by atoms with Gasteiger partial charge in [-0.05, 0) is 25.7 Å². The number of quaternary nitrogens is 1. The van der Waals surface area contributed by atoms with Crippen molar-refractivity contribution in [2.75, 3.05) is 27.2 Å². The summed E-state index contributed by atoms with van der Waals surface area (Å²) in [5.41, 5.74) is 0. The van der Waals surface area contributed by atoms with E-state index < -0.39 is 0 Å². The Labute approximate surface area is 70.0 Å². The first-order valence-electron chi connectivity index (χ1n) is 4.98. The van der Waals surface area contributed by atoms with Gasteiger partial charge in [0.05, 0.1) is 27.2 Å². The highest BCUT2D eigenvalue weighted by Crippen LogP contribution is 2.35. The van der Waals surface area contributed by atoms with Crippen molar-refractivity contribution in [1.82, 2.24) is 0 Å². The molecule has 0 aromatic rings. The maximum Gasteiger partial charge on any atom is 0.0811 e. The normalized spacial score (nSPS) is 42.0. The number of hydrogen-bond acceptors (Lipinski definition) is 0. The maximum atomic E-state index is 2.40. The molecule has 0 atom stereocenters. The summed E-state index contributed by atoms with van der Waals surface area (Å²) in [7, 11) is 4.80. The fourth-order valence-electron chi connectivity index (χ4n) is 3.07. The van der Waals surface area contributed by atoms with Crippen molar-refractivity contribution in [2.24, 2.45) is 11.8 Å². The second-order valence-corrected chi connectivity index (χ2v) is 5.19. The van der Waals surface area contributed by atoms with Crippen LogP contribution in [-0.4, -0.2) is 31.7 Å². The number of rotatable bonds is 0. The molecule has 64 valence electrons. The van der Waals surface area contributed by atoms with Crippen LogP contribution in [0.5, 0.6) is 0 Å². The lowest BCUT2D eigenvalue weighted by Gasteiger charge is -2.29. The van der Waals surface area contributed by atoms with Crippen LogP contribution >= 0.6 is 0 Å². The molecule has 0 N–H and O–H groups in total. The zero-order chi connectivity index (χ0) is 7.90.